The van der Waals surface area contributed by atoms with Gasteiger partial charge in [0.2, 0.25) is 0 Å². The van der Waals surface area contributed by atoms with Crippen LogP contribution in [0.3, 0.4) is 0 Å². The fraction of sp³-hybridized carbons (Fsp3) is 0.600. The van der Waals surface area contributed by atoms with Gasteiger partial charge < -0.3 is 10.6 Å². The van der Waals surface area contributed by atoms with Gasteiger partial charge in [0.1, 0.15) is 0 Å². The van der Waals surface area contributed by atoms with Crippen LogP contribution in [-0.4, -0.2) is 13.1 Å². The summed E-state index contributed by atoms with van der Waals surface area (Å²) in [6, 6.07) is 6.96. The molecule has 0 radical (unpaired) electrons. The highest BCUT2D eigenvalue weighted by atomic mass is 15.1. The predicted molar refractivity (Wildman–Crippen MR) is 76.4 cm³/mol. The maximum atomic E-state index is 5.82. The van der Waals surface area contributed by atoms with E-state index >= 15 is 0 Å². The molecule has 1 rings (SSSR count). The van der Waals surface area contributed by atoms with Crippen molar-refractivity contribution in [2.75, 3.05) is 11.9 Å². The molecule has 0 saturated heterocycles. The summed E-state index contributed by atoms with van der Waals surface area (Å²) in [5, 5.41) is 0. The van der Waals surface area contributed by atoms with Crippen LogP contribution < -0.4 is 10.6 Å². The lowest BCUT2D eigenvalue weighted by atomic mass is 9.86. The third-order valence-electron chi connectivity index (χ3n) is 3.67. The largest absolute Gasteiger partial charge is 0.371 e. The molecule has 0 fully saturated rings. The molecule has 0 aliphatic carbocycles. The molecule has 1 aromatic rings. The molecule has 1 atom stereocenters. The predicted octanol–water partition coefficient (Wildman–Crippen LogP) is 3.32. The first-order chi connectivity index (χ1) is 7.77. The molecule has 0 aliphatic heterocycles. The Labute approximate surface area is 106 Å². The van der Waals surface area contributed by atoms with Gasteiger partial charge in [-0.05, 0) is 36.5 Å². The van der Waals surface area contributed by atoms with Crippen LogP contribution >= 0.6 is 0 Å². The summed E-state index contributed by atoms with van der Waals surface area (Å²) in [7, 11) is 2.16. The molecular formula is C15H26N2. The van der Waals surface area contributed by atoms with E-state index in [1.54, 1.807) is 0 Å². The van der Waals surface area contributed by atoms with Crippen LogP contribution in [0, 0.1) is 12.3 Å². The van der Waals surface area contributed by atoms with Gasteiger partial charge >= 0.3 is 0 Å². The standard InChI is InChI=1S/C15H26N2/c1-11-7-8-13(10-16)14(9-11)17(6)12(2)15(3,4)5/h7-9,12H,10,16H2,1-6H3. The fourth-order valence-electron chi connectivity index (χ4n) is 1.96. The Morgan fingerprint density at radius 3 is 2.35 bits per heavy atom. The number of benzene rings is 1. The molecule has 0 heterocycles. The lowest BCUT2D eigenvalue weighted by Gasteiger charge is -2.38. The van der Waals surface area contributed by atoms with Crippen molar-refractivity contribution in [1.82, 2.24) is 0 Å². The number of aryl methyl sites for hydroxylation is 1. The lowest BCUT2D eigenvalue weighted by molar-refractivity contribution is 0.329. The van der Waals surface area contributed by atoms with E-state index in [9.17, 15) is 0 Å². The van der Waals surface area contributed by atoms with Crippen LogP contribution in [0.4, 0.5) is 5.69 Å². The summed E-state index contributed by atoms with van der Waals surface area (Å²) in [5.41, 5.74) is 9.83. The lowest BCUT2D eigenvalue weighted by Crippen LogP contribution is -2.40. The summed E-state index contributed by atoms with van der Waals surface area (Å²) in [4.78, 5) is 2.34. The summed E-state index contributed by atoms with van der Waals surface area (Å²) < 4.78 is 0. The van der Waals surface area contributed by atoms with Crippen LogP contribution in [0.1, 0.15) is 38.8 Å². The SMILES string of the molecule is Cc1ccc(CN)c(N(C)C(C)C(C)(C)C)c1. The summed E-state index contributed by atoms with van der Waals surface area (Å²) >= 11 is 0. The van der Waals surface area contributed by atoms with Crippen molar-refractivity contribution < 1.29 is 0 Å². The Kier molecular flexibility index (Phi) is 4.21. The number of anilines is 1. The highest BCUT2D eigenvalue weighted by Crippen LogP contribution is 2.29. The molecule has 2 heteroatoms. The monoisotopic (exact) mass is 234 g/mol. The van der Waals surface area contributed by atoms with Crippen molar-refractivity contribution in [1.29, 1.82) is 0 Å². The van der Waals surface area contributed by atoms with Crippen LogP contribution in [0.15, 0.2) is 18.2 Å². The van der Waals surface area contributed by atoms with E-state index in [0.29, 0.717) is 12.6 Å². The van der Waals surface area contributed by atoms with E-state index in [-0.39, 0.29) is 5.41 Å². The van der Waals surface area contributed by atoms with Gasteiger partial charge in [-0.3, -0.25) is 0 Å². The fourth-order valence-corrected chi connectivity index (χ4v) is 1.96. The zero-order valence-corrected chi connectivity index (χ0v) is 12.0. The Bertz CT molecular complexity index is 377. The number of nitrogens with two attached hydrogens (primary N) is 1. The molecule has 0 bridgehead atoms. The number of rotatable bonds is 3. The molecule has 96 valence electrons. The highest BCUT2D eigenvalue weighted by molar-refractivity contribution is 5.55. The van der Waals surface area contributed by atoms with Crippen molar-refractivity contribution in [2.45, 2.75) is 47.2 Å². The molecule has 2 N–H and O–H groups in total. The van der Waals surface area contributed by atoms with Crippen molar-refractivity contribution in [3.63, 3.8) is 0 Å². The minimum atomic E-state index is 0.254. The molecule has 17 heavy (non-hydrogen) atoms. The summed E-state index contributed by atoms with van der Waals surface area (Å²) in [5.74, 6) is 0. The highest BCUT2D eigenvalue weighted by Gasteiger charge is 2.25. The van der Waals surface area contributed by atoms with Gasteiger partial charge in [0.05, 0.1) is 0 Å². The van der Waals surface area contributed by atoms with E-state index in [2.05, 4.69) is 64.8 Å². The summed E-state index contributed by atoms with van der Waals surface area (Å²) in [6.45, 7) is 11.8. The second kappa shape index (κ2) is 5.09. The van der Waals surface area contributed by atoms with Crippen LogP contribution in [-0.2, 0) is 6.54 Å². The smallest absolute Gasteiger partial charge is 0.0414 e. The van der Waals surface area contributed by atoms with E-state index in [1.165, 1.54) is 16.8 Å². The molecule has 0 aliphatic rings. The molecular weight excluding hydrogens is 208 g/mol. The van der Waals surface area contributed by atoms with Gasteiger partial charge in [-0.25, -0.2) is 0 Å². The number of nitrogens with zero attached hydrogens (tertiary/aromatic N) is 1. The van der Waals surface area contributed by atoms with Crippen LogP contribution in [0.2, 0.25) is 0 Å². The van der Waals surface area contributed by atoms with Gasteiger partial charge in [-0.2, -0.15) is 0 Å². The van der Waals surface area contributed by atoms with Crippen LogP contribution in [0.25, 0.3) is 0 Å². The Morgan fingerprint density at radius 1 is 1.29 bits per heavy atom. The average Bonchev–Trinajstić information content (AvgIpc) is 2.25. The molecule has 0 saturated carbocycles. The second-order valence-corrected chi connectivity index (χ2v) is 5.99. The van der Waals surface area contributed by atoms with E-state index in [4.69, 9.17) is 5.73 Å². The van der Waals surface area contributed by atoms with Gasteiger partial charge in [-0.1, -0.05) is 32.9 Å². The molecule has 0 amide bonds. The van der Waals surface area contributed by atoms with E-state index in [0.717, 1.165) is 0 Å². The quantitative estimate of drug-likeness (QED) is 0.869. The van der Waals surface area contributed by atoms with Crippen molar-refractivity contribution in [2.24, 2.45) is 11.1 Å². The topological polar surface area (TPSA) is 29.3 Å². The third-order valence-corrected chi connectivity index (χ3v) is 3.67. The zero-order chi connectivity index (χ0) is 13.2. The van der Waals surface area contributed by atoms with Crippen molar-refractivity contribution in [3.8, 4) is 0 Å². The molecule has 1 unspecified atom stereocenters. The number of hydrogen-bond donors (Lipinski definition) is 1. The van der Waals surface area contributed by atoms with E-state index in [1.807, 2.05) is 0 Å². The maximum Gasteiger partial charge on any atom is 0.0414 e. The normalized spacial score (nSPS) is 13.6. The number of hydrogen-bond acceptors (Lipinski definition) is 2. The van der Waals surface area contributed by atoms with Crippen LogP contribution in [0.5, 0.6) is 0 Å². The first kappa shape index (κ1) is 14.0. The maximum absolute atomic E-state index is 5.82. The van der Waals surface area contributed by atoms with Gasteiger partial charge in [0.15, 0.2) is 0 Å². The van der Waals surface area contributed by atoms with Crippen molar-refractivity contribution >= 4 is 5.69 Å². The van der Waals surface area contributed by atoms with Gasteiger partial charge in [0, 0.05) is 25.3 Å². The zero-order valence-electron chi connectivity index (χ0n) is 12.0. The first-order valence-electron chi connectivity index (χ1n) is 6.29. The minimum Gasteiger partial charge on any atom is -0.371 e. The molecule has 0 spiro atoms. The van der Waals surface area contributed by atoms with Gasteiger partial charge in [-0.15, -0.1) is 0 Å². The second-order valence-electron chi connectivity index (χ2n) is 5.99. The Hall–Kier alpha value is -1.02. The van der Waals surface area contributed by atoms with Crippen molar-refractivity contribution in [3.05, 3.63) is 29.3 Å². The Morgan fingerprint density at radius 2 is 1.88 bits per heavy atom. The average molecular weight is 234 g/mol. The third kappa shape index (κ3) is 3.22. The van der Waals surface area contributed by atoms with E-state index < -0.39 is 0 Å². The van der Waals surface area contributed by atoms with Gasteiger partial charge in [0.25, 0.3) is 0 Å². The molecule has 0 aromatic heterocycles. The summed E-state index contributed by atoms with van der Waals surface area (Å²) in [6.07, 6.45) is 0. The Balaban J connectivity index is 3.10. The molecule has 1 aromatic carbocycles. The molecule has 2 nitrogen and oxygen atoms in total. The first-order valence-corrected chi connectivity index (χ1v) is 6.29. The minimum absolute atomic E-state index is 0.254.